The van der Waals surface area contributed by atoms with Crippen LogP contribution in [0.4, 0.5) is 0 Å². The predicted molar refractivity (Wildman–Crippen MR) is 74.3 cm³/mol. The number of hydrogen-bond acceptors (Lipinski definition) is 2. The molecule has 100 valence electrons. The van der Waals surface area contributed by atoms with E-state index in [9.17, 15) is 0 Å². The SMILES string of the molecule is CCCNC(C)C1CCCN(C2CCCC2)C1. The van der Waals surface area contributed by atoms with Gasteiger partial charge in [0.15, 0.2) is 0 Å². The van der Waals surface area contributed by atoms with Crippen molar-refractivity contribution < 1.29 is 0 Å². The quantitative estimate of drug-likeness (QED) is 0.792. The molecule has 2 nitrogen and oxygen atoms in total. The third-order valence-corrected chi connectivity index (χ3v) is 4.75. The van der Waals surface area contributed by atoms with Crippen LogP contribution in [0.3, 0.4) is 0 Å². The molecule has 2 fully saturated rings. The maximum atomic E-state index is 3.69. The maximum absolute atomic E-state index is 3.69. The third-order valence-electron chi connectivity index (χ3n) is 4.75. The largest absolute Gasteiger partial charge is 0.314 e. The highest BCUT2D eigenvalue weighted by molar-refractivity contribution is 4.85. The van der Waals surface area contributed by atoms with Crippen LogP contribution < -0.4 is 5.32 Å². The summed E-state index contributed by atoms with van der Waals surface area (Å²) in [5, 5.41) is 3.69. The Kier molecular flexibility index (Phi) is 5.30. The highest BCUT2D eigenvalue weighted by atomic mass is 15.2. The van der Waals surface area contributed by atoms with Crippen molar-refractivity contribution in [2.24, 2.45) is 5.92 Å². The molecule has 2 atom stereocenters. The Bertz CT molecular complexity index is 211. The summed E-state index contributed by atoms with van der Waals surface area (Å²) >= 11 is 0. The van der Waals surface area contributed by atoms with Crippen LogP contribution in [0.5, 0.6) is 0 Å². The molecule has 2 heteroatoms. The highest BCUT2D eigenvalue weighted by Crippen LogP contribution is 2.28. The second-order valence-corrected chi connectivity index (χ2v) is 6.08. The number of likely N-dealkylation sites (tertiary alicyclic amines) is 1. The van der Waals surface area contributed by atoms with Gasteiger partial charge in [-0.05, 0) is 58.0 Å². The van der Waals surface area contributed by atoms with Crippen LogP contribution in [-0.4, -0.2) is 36.6 Å². The van der Waals surface area contributed by atoms with E-state index >= 15 is 0 Å². The van der Waals surface area contributed by atoms with E-state index in [0.29, 0.717) is 6.04 Å². The van der Waals surface area contributed by atoms with Gasteiger partial charge in [-0.1, -0.05) is 19.8 Å². The van der Waals surface area contributed by atoms with E-state index in [2.05, 4.69) is 24.1 Å². The summed E-state index contributed by atoms with van der Waals surface area (Å²) in [5.41, 5.74) is 0. The van der Waals surface area contributed by atoms with E-state index in [1.165, 1.54) is 64.6 Å². The van der Waals surface area contributed by atoms with Crippen molar-refractivity contribution in [2.45, 2.75) is 70.9 Å². The van der Waals surface area contributed by atoms with Crippen LogP contribution in [0.1, 0.15) is 58.8 Å². The topological polar surface area (TPSA) is 15.3 Å². The van der Waals surface area contributed by atoms with Crippen LogP contribution in [0.25, 0.3) is 0 Å². The minimum atomic E-state index is 0.708. The zero-order chi connectivity index (χ0) is 12.1. The van der Waals surface area contributed by atoms with Gasteiger partial charge in [-0.2, -0.15) is 0 Å². The average molecular weight is 238 g/mol. The van der Waals surface area contributed by atoms with Crippen molar-refractivity contribution in [3.05, 3.63) is 0 Å². The standard InChI is InChI=1S/C15H30N2/c1-3-10-16-13(2)14-7-6-11-17(12-14)15-8-4-5-9-15/h13-16H,3-12H2,1-2H3. The van der Waals surface area contributed by atoms with Gasteiger partial charge < -0.3 is 10.2 Å². The van der Waals surface area contributed by atoms with Gasteiger partial charge >= 0.3 is 0 Å². The second kappa shape index (κ2) is 6.75. The van der Waals surface area contributed by atoms with Crippen molar-refractivity contribution >= 4 is 0 Å². The van der Waals surface area contributed by atoms with Crippen molar-refractivity contribution in [3.8, 4) is 0 Å². The van der Waals surface area contributed by atoms with Gasteiger partial charge in [0.2, 0.25) is 0 Å². The molecule has 1 aliphatic heterocycles. The lowest BCUT2D eigenvalue weighted by Crippen LogP contribution is -2.47. The van der Waals surface area contributed by atoms with E-state index in [1.807, 2.05) is 0 Å². The van der Waals surface area contributed by atoms with Gasteiger partial charge in [-0.25, -0.2) is 0 Å². The van der Waals surface area contributed by atoms with Crippen molar-refractivity contribution in [2.75, 3.05) is 19.6 Å². The molecule has 1 saturated heterocycles. The molecule has 2 rings (SSSR count). The normalized spacial score (nSPS) is 29.6. The molecular formula is C15H30N2. The lowest BCUT2D eigenvalue weighted by atomic mass is 9.90. The van der Waals surface area contributed by atoms with Gasteiger partial charge in [0.05, 0.1) is 0 Å². The van der Waals surface area contributed by atoms with Crippen LogP contribution in [0.2, 0.25) is 0 Å². The minimum absolute atomic E-state index is 0.708. The highest BCUT2D eigenvalue weighted by Gasteiger charge is 2.29. The lowest BCUT2D eigenvalue weighted by Gasteiger charge is -2.39. The van der Waals surface area contributed by atoms with Crippen molar-refractivity contribution in [1.29, 1.82) is 0 Å². The Morgan fingerprint density at radius 3 is 2.65 bits per heavy atom. The first-order chi connectivity index (χ1) is 8.31. The molecule has 0 spiro atoms. The molecule has 0 aromatic heterocycles. The van der Waals surface area contributed by atoms with Gasteiger partial charge in [-0.15, -0.1) is 0 Å². The fraction of sp³-hybridized carbons (Fsp3) is 1.00. The molecule has 0 aromatic carbocycles. The van der Waals surface area contributed by atoms with Gasteiger partial charge in [-0.3, -0.25) is 0 Å². The summed E-state index contributed by atoms with van der Waals surface area (Å²) in [4.78, 5) is 2.80. The molecule has 17 heavy (non-hydrogen) atoms. The Balaban J connectivity index is 1.79. The average Bonchev–Trinajstić information content (AvgIpc) is 2.90. The fourth-order valence-electron chi connectivity index (χ4n) is 3.59. The zero-order valence-electron chi connectivity index (χ0n) is 11.8. The summed E-state index contributed by atoms with van der Waals surface area (Å²) in [6.45, 7) is 8.54. The lowest BCUT2D eigenvalue weighted by molar-refractivity contribution is 0.109. The summed E-state index contributed by atoms with van der Waals surface area (Å²) in [6, 6.07) is 1.63. The third kappa shape index (κ3) is 3.69. The van der Waals surface area contributed by atoms with E-state index in [1.54, 1.807) is 0 Å². The number of nitrogens with zero attached hydrogens (tertiary/aromatic N) is 1. The van der Waals surface area contributed by atoms with Crippen molar-refractivity contribution in [3.63, 3.8) is 0 Å². The molecule has 2 unspecified atom stereocenters. The fourth-order valence-corrected chi connectivity index (χ4v) is 3.59. The summed E-state index contributed by atoms with van der Waals surface area (Å²) < 4.78 is 0. The molecule has 0 amide bonds. The van der Waals surface area contributed by atoms with Gasteiger partial charge in [0, 0.05) is 18.6 Å². The first-order valence-corrected chi connectivity index (χ1v) is 7.78. The van der Waals surface area contributed by atoms with Crippen LogP contribution >= 0.6 is 0 Å². The monoisotopic (exact) mass is 238 g/mol. The molecule has 0 aromatic rings. The minimum Gasteiger partial charge on any atom is -0.314 e. The molecular weight excluding hydrogens is 208 g/mol. The number of nitrogens with one attached hydrogen (secondary N) is 1. The Hall–Kier alpha value is -0.0800. The Morgan fingerprint density at radius 2 is 1.94 bits per heavy atom. The van der Waals surface area contributed by atoms with Crippen molar-refractivity contribution in [1.82, 2.24) is 10.2 Å². The van der Waals surface area contributed by atoms with E-state index in [-0.39, 0.29) is 0 Å². The molecule has 1 heterocycles. The smallest absolute Gasteiger partial charge is 0.00953 e. The van der Waals surface area contributed by atoms with Gasteiger partial charge in [0.1, 0.15) is 0 Å². The summed E-state index contributed by atoms with van der Waals surface area (Å²) in [6.07, 6.45) is 9.96. The maximum Gasteiger partial charge on any atom is 0.00953 e. The molecule has 1 aliphatic carbocycles. The molecule has 1 N–H and O–H groups in total. The van der Waals surface area contributed by atoms with E-state index < -0.39 is 0 Å². The van der Waals surface area contributed by atoms with E-state index in [4.69, 9.17) is 0 Å². The van der Waals surface area contributed by atoms with Gasteiger partial charge in [0.25, 0.3) is 0 Å². The number of rotatable bonds is 5. The summed E-state index contributed by atoms with van der Waals surface area (Å²) in [5.74, 6) is 0.885. The van der Waals surface area contributed by atoms with Crippen LogP contribution in [-0.2, 0) is 0 Å². The number of piperidine rings is 1. The molecule has 0 radical (unpaired) electrons. The molecule has 1 saturated carbocycles. The van der Waals surface area contributed by atoms with Crippen LogP contribution in [0.15, 0.2) is 0 Å². The molecule has 2 aliphatic rings. The summed E-state index contributed by atoms with van der Waals surface area (Å²) in [7, 11) is 0. The van der Waals surface area contributed by atoms with Crippen LogP contribution in [0, 0.1) is 5.92 Å². The first-order valence-electron chi connectivity index (χ1n) is 7.78. The molecule has 0 bridgehead atoms. The predicted octanol–water partition coefficient (Wildman–Crippen LogP) is 3.03. The Morgan fingerprint density at radius 1 is 1.18 bits per heavy atom. The Labute approximate surface area is 107 Å². The van der Waals surface area contributed by atoms with E-state index in [0.717, 1.165) is 12.0 Å². The first kappa shape index (κ1) is 13.4. The zero-order valence-corrected chi connectivity index (χ0v) is 11.8. The number of hydrogen-bond donors (Lipinski definition) is 1. The second-order valence-electron chi connectivity index (χ2n) is 6.08.